The summed E-state index contributed by atoms with van der Waals surface area (Å²) < 4.78 is 0. The average molecular weight is 291 g/mol. The molecular weight excluding hydrogens is 274 g/mol. The number of phenols is 1. The molecule has 0 aliphatic heterocycles. The van der Waals surface area contributed by atoms with Crippen molar-refractivity contribution in [1.29, 1.82) is 5.26 Å². The zero-order valence-electron chi connectivity index (χ0n) is 11.8. The maximum atomic E-state index is 12.1. The summed E-state index contributed by atoms with van der Waals surface area (Å²) in [7, 11) is 0. The van der Waals surface area contributed by atoms with E-state index in [9.17, 15) is 14.7 Å². The monoisotopic (exact) mass is 291 g/mol. The summed E-state index contributed by atoms with van der Waals surface area (Å²) in [5.41, 5.74) is 0.0447. The van der Waals surface area contributed by atoms with Gasteiger partial charge in [-0.1, -0.05) is 0 Å². The van der Waals surface area contributed by atoms with Gasteiger partial charge in [-0.3, -0.25) is 0 Å². The molecule has 112 valence electrons. The molecule has 0 aliphatic carbocycles. The molecule has 0 aliphatic rings. The molecule has 0 saturated heterocycles. The first-order valence-corrected chi connectivity index (χ1v) is 6.37. The number of benzene rings is 1. The van der Waals surface area contributed by atoms with E-state index in [1.807, 2.05) is 19.9 Å². The van der Waals surface area contributed by atoms with Crippen LogP contribution in [0.15, 0.2) is 18.2 Å². The van der Waals surface area contributed by atoms with Gasteiger partial charge >= 0.3 is 12.0 Å². The van der Waals surface area contributed by atoms with Gasteiger partial charge in [-0.15, -0.1) is 0 Å². The molecule has 0 radical (unpaired) electrons. The number of rotatable bonds is 5. The summed E-state index contributed by atoms with van der Waals surface area (Å²) in [4.78, 5) is 24.3. The molecule has 0 spiro atoms. The van der Waals surface area contributed by atoms with Crippen LogP contribution in [0, 0.1) is 11.3 Å². The SMILES string of the molecule is CC(C)N(CCC#N)C(=O)Nc1ccc(C(=O)O)cc1O. The fraction of sp³-hybridized carbons (Fsp3) is 0.357. The highest BCUT2D eigenvalue weighted by atomic mass is 16.4. The number of aromatic carboxylic acids is 1. The highest BCUT2D eigenvalue weighted by molar-refractivity contribution is 5.93. The number of carboxylic acids is 1. The second-order valence-electron chi connectivity index (χ2n) is 4.66. The van der Waals surface area contributed by atoms with Gasteiger partial charge in [0.1, 0.15) is 5.75 Å². The molecule has 0 aromatic heterocycles. The lowest BCUT2D eigenvalue weighted by molar-refractivity contribution is 0.0696. The van der Waals surface area contributed by atoms with Gasteiger partial charge in [-0.05, 0) is 32.0 Å². The molecule has 7 heteroatoms. The third-order valence-corrected chi connectivity index (χ3v) is 2.84. The molecule has 0 heterocycles. The number of anilines is 1. The Morgan fingerprint density at radius 1 is 1.43 bits per heavy atom. The zero-order valence-corrected chi connectivity index (χ0v) is 11.8. The Bertz CT molecular complexity index is 578. The van der Waals surface area contributed by atoms with Crippen molar-refractivity contribution in [2.24, 2.45) is 0 Å². The van der Waals surface area contributed by atoms with E-state index in [1.165, 1.54) is 17.0 Å². The molecule has 1 rings (SSSR count). The lowest BCUT2D eigenvalue weighted by atomic mass is 10.2. The van der Waals surface area contributed by atoms with E-state index in [0.717, 1.165) is 6.07 Å². The minimum absolute atomic E-state index is 0.0734. The number of nitrogens with one attached hydrogen (secondary N) is 1. The zero-order chi connectivity index (χ0) is 16.0. The molecule has 3 N–H and O–H groups in total. The number of nitriles is 1. The van der Waals surface area contributed by atoms with Crippen LogP contribution in [0.3, 0.4) is 0 Å². The third kappa shape index (κ3) is 4.38. The maximum Gasteiger partial charge on any atom is 0.335 e. The number of amides is 2. The first-order valence-electron chi connectivity index (χ1n) is 6.37. The van der Waals surface area contributed by atoms with E-state index in [1.54, 1.807) is 0 Å². The first kappa shape index (κ1) is 16.3. The Balaban J connectivity index is 2.86. The lowest BCUT2D eigenvalue weighted by Gasteiger charge is -2.26. The molecule has 0 unspecified atom stereocenters. The first-order chi connectivity index (χ1) is 9.86. The van der Waals surface area contributed by atoms with Crippen LogP contribution in [0.1, 0.15) is 30.6 Å². The number of hydrogen-bond acceptors (Lipinski definition) is 4. The molecule has 0 saturated carbocycles. The summed E-state index contributed by atoms with van der Waals surface area (Å²) in [6, 6.07) is 5.06. The van der Waals surface area contributed by atoms with Crippen LogP contribution in [0.25, 0.3) is 0 Å². The number of phenolic OH excluding ortho intramolecular Hbond substituents is 1. The number of hydrogen-bond donors (Lipinski definition) is 3. The normalized spacial score (nSPS) is 10.0. The van der Waals surface area contributed by atoms with E-state index in [-0.39, 0.29) is 36.0 Å². The molecule has 0 bridgehead atoms. The van der Waals surface area contributed by atoms with Gasteiger partial charge in [0, 0.05) is 12.6 Å². The minimum atomic E-state index is -1.17. The quantitative estimate of drug-likeness (QED) is 0.720. The highest BCUT2D eigenvalue weighted by Gasteiger charge is 2.18. The van der Waals surface area contributed by atoms with Gasteiger partial charge < -0.3 is 20.4 Å². The summed E-state index contributed by atoms with van der Waals surface area (Å²) in [6.07, 6.45) is 0.204. The van der Waals surface area contributed by atoms with E-state index in [2.05, 4.69) is 5.32 Å². The topological polar surface area (TPSA) is 114 Å². The highest BCUT2D eigenvalue weighted by Crippen LogP contribution is 2.24. The number of carbonyl (C=O) groups is 2. The number of aromatic hydroxyl groups is 1. The molecule has 2 amide bonds. The van der Waals surface area contributed by atoms with E-state index < -0.39 is 12.0 Å². The Hall–Kier alpha value is -2.75. The fourth-order valence-corrected chi connectivity index (χ4v) is 1.72. The smallest absolute Gasteiger partial charge is 0.335 e. The summed E-state index contributed by atoms with van der Waals surface area (Å²) in [6.45, 7) is 3.89. The minimum Gasteiger partial charge on any atom is -0.506 e. The summed E-state index contributed by atoms with van der Waals surface area (Å²) in [5.74, 6) is -1.49. The number of urea groups is 1. The van der Waals surface area contributed by atoms with Crippen molar-refractivity contribution in [3.63, 3.8) is 0 Å². The number of nitrogens with zero attached hydrogens (tertiary/aromatic N) is 2. The van der Waals surface area contributed by atoms with Crippen LogP contribution < -0.4 is 5.32 Å². The van der Waals surface area contributed by atoms with Crippen LogP contribution in [-0.4, -0.2) is 39.7 Å². The standard InChI is InChI=1S/C14H17N3O4/c1-9(2)17(7-3-6-15)14(21)16-11-5-4-10(13(19)20)8-12(11)18/h4-5,8-9,18H,3,7H2,1-2H3,(H,16,21)(H,19,20). The second kappa shape index (κ2) is 7.14. The van der Waals surface area contributed by atoms with Crippen molar-refractivity contribution in [3.05, 3.63) is 23.8 Å². The van der Waals surface area contributed by atoms with Crippen molar-refractivity contribution in [1.82, 2.24) is 4.90 Å². The molecule has 21 heavy (non-hydrogen) atoms. The number of carbonyl (C=O) groups excluding carboxylic acids is 1. The second-order valence-corrected chi connectivity index (χ2v) is 4.66. The molecule has 1 aromatic carbocycles. The molecule has 0 atom stereocenters. The average Bonchev–Trinajstić information content (AvgIpc) is 2.40. The van der Waals surface area contributed by atoms with Crippen LogP contribution in [-0.2, 0) is 0 Å². The molecule has 1 aromatic rings. The van der Waals surface area contributed by atoms with Crippen molar-refractivity contribution < 1.29 is 19.8 Å². The van der Waals surface area contributed by atoms with Gasteiger partial charge in [-0.2, -0.15) is 5.26 Å². The van der Waals surface area contributed by atoms with Crippen LogP contribution in [0.5, 0.6) is 5.75 Å². The summed E-state index contributed by atoms with van der Waals surface area (Å²) in [5, 5.41) is 29.6. The number of carboxylic acid groups (broad SMARTS) is 1. The van der Waals surface area contributed by atoms with Gasteiger partial charge in [0.25, 0.3) is 0 Å². The Kier molecular flexibility index (Phi) is 5.55. The summed E-state index contributed by atoms with van der Waals surface area (Å²) >= 11 is 0. The van der Waals surface area contributed by atoms with Crippen LogP contribution in [0.2, 0.25) is 0 Å². The predicted octanol–water partition coefficient (Wildman–Crippen LogP) is 2.25. The maximum absolute atomic E-state index is 12.1. The van der Waals surface area contributed by atoms with Crippen molar-refractivity contribution in [2.75, 3.05) is 11.9 Å². The van der Waals surface area contributed by atoms with E-state index >= 15 is 0 Å². The predicted molar refractivity (Wildman–Crippen MR) is 76.2 cm³/mol. The van der Waals surface area contributed by atoms with Crippen LogP contribution >= 0.6 is 0 Å². The molecular formula is C14H17N3O4. The van der Waals surface area contributed by atoms with Crippen molar-refractivity contribution in [3.8, 4) is 11.8 Å². The third-order valence-electron chi connectivity index (χ3n) is 2.84. The fourth-order valence-electron chi connectivity index (χ4n) is 1.72. The Labute approximate surface area is 122 Å². The lowest BCUT2D eigenvalue weighted by Crippen LogP contribution is -2.40. The van der Waals surface area contributed by atoms with E-state index in [4.69, 9.17) is 10.4 Å². The van der Waals surface area contributed by atoms with Crippen molar-refractivity contribution >= 4 is 17.7 Å². The largest absolute Gasteiger partial charge is 0.506 e. The van der Waals surface area contributed by atoms with E-state index in [0.29, 0.717) is 0 Å². The van der Waals surface area contributed by atoms with Gasteiger partial charge in [-0.25, -0.2) is 9.59 Å². The Morgan fingerprint density at radius 3 is 2.57 bits per heavy atom. The van der Waals surface area contributed by atoms with Crippen LogP contribution in [0.4, 0.5) is 10.5 Å². The molecule has 7 nitrogen and oxygen atoms in total. The van der Waals surface area contributed by atoms with Gasteiger partial charge in [0.15, 0.2) is 0 Å². The van der Waals surface area contributed by atoms with Crippen molar-refractivity contribution in [2.45, 2.75) is 26.3 Å². The Morgan fingerprint density at radius 2 is 2.10 bits per heavy atom. The molecule has 0 fully saturated rings. The van der Waals surface area contributed by atoms with Gasteiger partial charge in [0.2, 0.25) is 0 Å². The van der Waals surface area contributed by atoms with Gasteiger partial charge in [0.05, 0.1) is 23.7 Å².